The lowest BCUT2D eigenvalue weighted by Crippen LogP contribution is -2.43. The third kappa shape index (κ3) is 3.27. The summed E-state index contributed by atoms with van der Waals surface area (Å²) in [4.78, 5) is 24.7. The van der Waals surface area contributed by atoms with E-state index < -0.39 is 12.0 Å². The molecule has 0 aliphatic heterocycles. The van der Waals surface area contributed by atoms with E-state index in [2.05, 4.69) is 15.5 Å². The molecule has 1 aromatic heterocycles. The summed E-state index contributed by atoms with van der Waals surface area (Å²) in [7, 11) is 1.31. The van der Waals surface area contributed by atoms with Gasteiger partial charge in [0.25, 0.3) is 5.91 Å². The van der Waals surface area contributed by atoms with E-state index in [0.717, 1.165) is 11.1 Å². The zero-order valence-corrected chi connectivity index (χ0v) is 13.2. The second-order valence-electron chi connectivity index (χ2n) is 5.38. The molecule has 122 valence electrons. The smallest absolute Gasteiger partial charge is 0.328 e. The van der Waals surface area contributed by atoms with Gasteiger partial charge in [-0.2, -0.15) is 5.10 Å². The first kappa shape index (κ1) is 15.7. The number of hydrogen-bond acceptors (Lipinski definition) is 4. The Labute approximate surface area is 138 Å². The maximum absolute atomic E-state index is 12.6. The molecule has 24 heavy (non-hydrogen) atoms. The molecule has 0 saturated heterocycles. The zero-order chi connectivity index (χ0) is 16.9. The number of rotatable bonds is 5. The minimum absolute atomic E-state index is 0.340. The number of nitrogens with zero attached hydrogens (tertiary/aromatic N) is 1. The maximum Gasteiger partial charge on any atom is 0.328 e. The van der Waals surface area contributed by atoms with Crippen molar-refractivity contribution in [1.82, 2.24) is 15.5 Å². The number of carbonyl (C=O) groups excluding carboxylic acids is 2. The lowest BCUT2D eigenvalue weighted by molar-refractivity contribution is -0.142. The van der Waals surface area contributed by atoms with Crippen LogP contribution in [-0.4, -0.2) is 35.2 Å². The molecule has 0 saturated carbocycles. The quantitative estimate of drug-likeness (QED) is 0.704. The minimum atomic E-state index is -0.757. The Morgan fingerprint density at radius 2 is 1.96 bits per heavy atom. The number of amides is 1. The Morgan fingerprint density at radius 1 is 1.17 bits per heavy atom. The minimum Gasteiger partial charge on any atom is -0.467 e. The Bertz CT molecular complexity index is 858. The summed E-state index contributed by atoms with van der Waals surface area (Å²) in [5, 5.41) is 10.2. The number of ether oxygens (including phenoxy) is 1. The number of nitrogens with one attached hydrogen (secondary N) is 2. The fraction of sp³-hybridized carbons (Fsp3) is 0.167. The summed E-state index contributed by atoms with van der Waals surface area (Å²) in [5.41, 5.74) is 2.17. The molecule has 6 nitrogen and oxygen atoms in total. The predicted molar refractivity (Wildman–Crippen MR) is 89.5 cm³/mol. The number of hydrogen-bond donors (Lipinski definition) is 2. The van der Waals surface area contributed by atoms with Gasteiger partial charge in [0, 0.05) is 11.8 Å². The van der Waals surface area contributed by atoms with Crippen LogP contribution in [0.4, 0.5) is 0 Å². The molecule has 0 radical (unpaired) electrons. The molecule has 3 aromatic rings. The number of benzene rings is 2. The van der Waals surface area contributed by atoms with Crippen molar-refractivity contribution in [2.75, 3.05) is 7.11 Å². The third-order valence-corrected chi connectivity index (χ3v) is 3.80. The highest BCUT2D eigenvalue weighted by molar-refractivity contribution is 6.07. The van der Waals surface area contributed by atoms with Crippen LogP contribution in [0.25, 0.3) is 10.9 Å². The average molecular weight is 323 g/mol. The SMILES string of the molecule is COC(=O)C(Cc1ccccc1)NC(=O)c1cccc2[nH]ncc12. The summed E-state index contributed by atoms with van der Waals surface area (Å²) in [6.07, 6.45) is 1.95. The van der Waals surface area contributed by atoms with E-state index in [4.69, 9.17) is 4.74 Å². The van der Waals surface area contributed by atoms with Crippen LogP contribution in [0.3, 0.4) is 0 Å². The zero-order valence-electron chi connectivity index (χ0n) is 13.2. The van der Waals surface area contributed by atoms with Gasteiger partial charge in [0.1, 0.15) is 6.04 Å². The van der Waals surface area contributed by atoms with Crippen LogP contribution in [-0.2, 0) is 16.0 Å². The number of H-pyrrole nitrogens is 1. The lowest BCUT2D eigenvalue weighted by atomic mass is 10.0. The van der Waals surface area contributed by atoms with Crippen LogP contribution in [0.15, 0.2) is 54.7 Å². The Kier molecular flexibility index (Phi) is 4.56. The molecule has 0 fully saturated rings. The van der Waals surface area contributed by atoms with Gasteiger partial charge in [-0.1, -0.05) is 36.4 Å². The van der Waals surface area contributed by atoms with Crippen molar-refractivity contribution in [1.29, 1.82) is 0 Å². The van der Waals surface area contributed by atoms with Crippen LogP contribution in [0.1, 0.15) is 15.9 Å². The van der Waals surface area contributed by atoms with E-state index in [1.165, 1.54) is 7.11 Å². The first-order chi connectivity index (χ1) is 11.7. The molecule has 0 bridgehead atoms. The van der Waals surface area contributed by atoms with Crippen LogP contribution < -0.4 is 5.32 Å². The van der Waals surface area contributed by atoms with Crippen LogP contribution in [0, 0.1) is 0 Å². The normalized spacial score (nSPS) is 11.9. The molecule has 0 spiro atoms. The summed E-state index contributed by atoms with van der Waals surface area (Å²) in [5.74, 6) is -0.820. The highest BCUT2D eigenvalue weighted by Crippen LogP contribution is 2.16. The van der Waals surface area contributed by atoms with Crippen molar-refractivity contribution in [3.63, 3.8) is 0 Å². The monoisotopic (exact) mass is 323 g/mol. The lowest BCUT2D eigenvalue weighted by Gasteiger charge is -2.17. The number of aromatic nitrogens is 2. The third-order valence-electron chi connectivity index (χ3n) is 3.80. The molecule has 2 N–H and O–H groups in total. The van der Waals surface area contributed by atoms with Crippen LogP contribution in [0.5, 0.6) is 0 Å². The van der Waals surface area contributed by atoms with Gasteiger partial charge in [0.15, 0.2) is 0 Å². The van der Waals surface area contributed by atoms with Crippen molar-refractivity contribution < 1.29 is 14.3 Å². The fourth-order valence-electron chi connectivity index (χ4n) is 2.59. The Hall–Kier alpha value is -3.15. The van der Waals surface area contributed by atoms with Crippen molar-refractivity contribution in [2.24, 2.45) is 0 Å². The highest BCUT2D eigenvalue weighted by Gasteiger charge is 2.23. The van der Waals surface area contributed by atoms with E-state index in [1.807, 2.05) is 36.4 Å². The maximum atomic E-state index is 12.6. The summed E-state index contributed by atoms with van der Waals surface area (Å²) in [6, 6.07) is 14.0. The van der Waals surface area contributed by atoms with Crippen molar-refractivity contribution in [3.8, 4) is 0 Å². The van der Waals surface area contributed by atoms with Gasteiger partial charge in [-0.25, -0.2) is 4.79 Å². The molecule has 1 amide bonds. The first-order valence-electron chi connectivity index (χ1n) is 7.53. The standard InChI is InChI=1S/C18H17N3O3/c1-24-18(23)16(10-12-6-3-2-4-7-12)20-17(22)13-8-5-9-15-14(13)11-19-21-15/h2-9,11,16H,10H2,1H3,(H,19,21)(H,20,22). The summed E-state index contributed by atoms with van der Waals surface area (Å²) >= 11 is 0. The van der Waals surface area contributed by atoms with Gasteiger partial charge >= 0.3 is 5.97 Å². The Morgan fingerprint density at radius 3 is 2.71 bits per heavy atom. The van der Waals surface area contributed by atoms with Gasteiger partial charge in [-0.05, 0) is 17.7 Å². The van der Waals surface area contributed by atoms with Gasteiger partial charge in [0.2, 0.25) is 0 Å². The predicted octanol–water partition coefficient (Wildman–Crippen LogP) is 2.08. The number of fused-ring (bicyclic) bond motifs is 1. The number of carbonyl (C=O) groups is 2. The molecule has 3 rings (SSSR count). The Balaban J connectivity index is 1.83. The molecule has 2 aromatic carbocycles. The molecule has 0 aliphatic rings. The van der Waals surface area contributed by atoms with Crippen molar-refractivity contribution >= 4 is 22.8 Å². The molecule has 1 heterocycles. The van der Waals surface area contributed by atoms with Gasteiger partial charge in [0.05, 0.1) is 24.4 Å². The highest BCUT2D eigenvalue weighted by atomic mass is 16.5. The largest absolute Gasteiger partial charge is 0.467 e. The van der Waals surface area contributed by atoms with Gasteiger partial charge < -0.3 is 10.1 Å². The number of esters is 1. The molecule has 0 aliphatic carbocycles. The van der Waals surface area contributed by atoms with Crippen LogP contribution >= 0.6 is 0 Å². The average Bonchev–Trinajstić information content (AvgIpc) is 3.10. The second kappa shape index (κ2) is 6.95. The van der Waals surface area contributed by atoms with E-state index >= 15 is 0 Å². The summed E-state index contributed by atoms with van der Waals surface area (Å²) in [6.45, 7) is 0. The first-order valence-corrected chi connectivity index (χ1v) is 7.53. The van der Waals surface area contributed by atoms with E-state index in [0.29, 0.717) is 17.4 Å². The molecule has 1 atom stereocenters. The molecule has 6 heteroatoms. The fourth-order valence-corrected chi connectivity index (χ4v) is 2.59. The molecule has 1 unspecified atom stereocenters. The van der Waals surface area contributed by atoms with Gasteiger partial charge in [-0.15, -0.1) is 0 Å². The van der Waals surface area contributed by atoms with Gasteiger partial charge in [-0.3, -0.25) is 9.89 Å². The molecular formula is C18H17N3O3. The van der Waals surface area contributed by atoms with E-state index in [1.54, 1.807) is 18.3 Å². The van der Waals surface area contributed by atoms with E-state index in [-0.39, 0.29) is 5.91 Å². The van der Waals surface area contributed by atoms with E-state index in [9.17, 15) is 9.59 Å². The second-order valence-corrected chi connectivity index (χ2v) is 5.38. The number of aromatic amines is 1. The topological polar surface area (TPSA) is 84.1 Å². The number of methoxy groups -OCH3 is 1. The van der Waals surface area contributed by atoms with Crippen molar-refractivity contribution in [3.05, 3.63) is 65.9 Å². The molecular weight excluding hydrogens is 306 g/mol. The summed E-state index contributed by atoms with van der Waals surface area (Å²) < 4.78 is 4.82. The van der Waals surface area contributed by atoms with Crippen molar-refractivity contribution in [2.45, 2.75) is 12.5 Å². The van der Waals surface area contributed by atoms with Crippen LogP contribution in [0.2, 0.25) is 0 Å².